The minimum atomic E-state index is -3.24. The van der Waals surface area contributed by atoms with E-state index in [4.69, 9.17) is 5.73 Å². The molecule has 0 bridgehead atoms. The van der Waals surface area contributed by atoms with Crippen molar-refractivity contribution in [2.75, 3.05) is 24.3 Å². The van der Waals surface area contributed by atoms with Crippen LogP contribution in [0.1, 0.15) is 19.8 Å². The van der Waals surface area contributed by atoms with Crippen LogP contribution in [0.2, 0.25) is 0 Å². The molecule has 0 aromatic rings. The van der Waals surface area contributed by atoms with Crippen molar-refractivity contribution in [1.82, 2.24) is 4.90 Å². The summed E-state index contributed by atoms with van der Waals surface area (Å²) >= 11 is 1.56. The van der Waals surface area contributed by atoms with E-state index in [1.54, 1.807) is 11.8 Å². The lowest BCUT2D eigenvalue weighted by Crippen LogP contribution is -2.54. The van der Waals surface area contributed by atoms with E-state index in [1.165, 1.54) is 11.2 Å². The van der Waals surface area contributed by atoms with Crippen molar-refractivity contribution < 1.29 is 13.2 Å². The lowest BCUT2D eigenvalue weighted by atomic mass is 10.1. The van der Waals surface area contributed by atoms with Crippen molar-refractivity contribution in [3.63, 3.8) is 0 Å². The Morgan fingerprint density at radius 3 is 2.76 bits per heavy atom. The summed E-state index contributed by atoms with van der Waals surface area (Å²) in [7, 11) is -3.24. The van der Waals surface area contributed by atoms with Gasteiger partial charge in [-0.1, -0.05) is 13.3 Å². The summed E-state index contributed by atoms with van der Waals surface area (Å²) in [5, 5.41) is -0.711. The highest BCUT2D eigenvalue weighted by Gasteiger charge is 2.35. The summed E-state index contributed by atoms with van der Waals surface area (Å²) in [5.41, 5.74) is 5.77. The fraction of sp³-hybridized carbons (Fsp3) is 0.900. The minimum absolute atomic E-state index is 0.234. The third kappa shape index (κ3) is 3.86. The molecule has 1 fully saturated rings. The van der Waals surface area contributed by atoms with Crippen molar-refractivity contribution in [3.05, 3.63) is 0 Å². The predicted octanol–water partition coefficient (Wildman–Crippen LogP) is 0.0599. The molecule has 1 aliphatic heterocycles. The van der Waals surface area contributed by atoms with Gasteiger partial charge in [-0.2, -0.15) is 11.8 Å². The summed E-state index contributed by atoms with van der Waals surface area (Å²) in [5.74, 6) is 0.989. The first kappa shape index (κ1) is 14.8. The van der Waals surface area contributed by atoms with Crippen LogP contribution in [0, 0.1) is 0 Å². The van der Waals surface area contributed by atoms with Gasteiger partial charge in [-0.25, -0.2) is 8.42 Å². The number of rotatable bonds is 4. The minimum Gasteiger partial charge on any atom is -0.323 e. The van der Waals surface area contributed by atoms with Crippen molar-refractivity contribution >= 4 is 27.5 Å². The fourth-order valence-corrected chi connectivity index (χ4v) is 4.66. The third-order valence-electron chi connectivity index (χ3n) is 2.78. The highest BCUT2D eigenvalue weighted by Crippen LogP contribution is 2.21. The fourth-order valence-electron chi connectivity index (χ4n) is 1.84. The number of sulfone groups is 1. The van der Waals surface area contributed by atoms with Gasteiger partial charge in [0.1, 0.15) is 5.37 Å². The molecule has 1 unspecified atom stereocenters. The predicted molar refractivity (Wildman–Crippen MR) is 70.6 cm³/mol. The lowest BCUT2D eigenvalue weighted by molar-refractivity contribution is -0.133. The zero-order valence-electron chi connectivity index (χ0n) is 10.3. The molecule has 0 aromatic heterocycles. The SMILES string of the molecule is CCC[C@@H](N)C(=O)N1CCSCC1S(C)(=O)=O. The molecule has 2 N–H and O–H groups in total. The number of hydrogen-bond acceptors (Lipinski definition) is 5. The lowest BCUT2D eigenvalue weighted by Gasteiger charge is -2.35. The Hall–Kier alpha value is -0.270. The standard InChI is InChI=1S/C10H20N2O3S2/c1-3-4-8(11)10(13)12-5-6-16-7-9(12)17(2,14)15/h8-9H,3-7,11H2,1-2H3/t8-,9?/m1/s1. The molecule has 100 valence electrons. The zero-order valence-corrected chi connectivity index (χ0v) is 11.9. The first-order valence-electron chi connectivity index (χ1n) is 5.70. The van der Waals surface area contributed by atoms with Crippen LogP contribution in [0.4, 0.5) is 0 Å². The summed E-state index contributed by atoms with van der Waals surface area (Å²) in [6, 6.07) is -0.577. The number of nitrogens with zero attached hydrogens (tertiary/aromatic N) is 1. The van der Waals surface area contributed by atoms with Gasteiger partial charge in [0, 0.05) is 24.3 Å². The van der Waals surface area contributed by atoms with E-state index in [0.29, 0.717) is 18.7 Å². The van der Waals surface area contributed by atoms with E-state index in [2.05, 4.69) is 0 Å². The van der Waals surface area contributed by atoms with E-state index in [1.807, 2.05) is 6.92 Å². The molecule has 7 heteroatoms. The molecule has 1 heterocycles. The van der Waals surface area contributed by atoms with Crippen LogP contribution in [-0.4, -0.2) is 54.9 Å². The number of thioether (sulfide) groups is 1. The van der Waals surface area contributed by atoms with Crippen molar-refractivity contribution in [2.24, 2.45) is 5.73 Å². The van der Waals surface area contributed by atoms with Crippen LogP contribution in [-0.2, 0) is 14.6 Å². The van der Waals surface area contributed by atoms with E-state index in [9.17, 15) is 13.2 Å². The van der Waals surface area contributed by atoms with Gasteiger partial charge in [-0.3, -0.25) is 4.79 Å². The summed E-state index contributed by atoms with van der Waals surface area (Å²) in [6.45, 7) is 2.42. The highest BCUT2D eigenvalue weighted by molar-refractivity contribution is 8.00. The van der Waals surface area contributed by atoms with Crippen molar-refractivity contribution in [2.45, 2.75) is 31.2 Å². The molecule has 0 saturated carbocycles. The molecule has 2 atom stereocenters. The first-order valence-corrected chi connectivity index (χ1v) is 8.81. The molecule has 1 amide bonds. The molecule has 5 nitrogen and oxygen atoms in total. The maximum absolute atomic E-state index is 12.1. The number of hydrogen-bond donors (Lipinski definition) is 1. The quantitative estimate of drug-likeness (QED) is 0.787. The van der Waals surface area contributed by atoms with Gasteiger partial charge < -0.3 is 10.6 Å². The van der Waals surface area contributed by atoms with Crippen LogP contribution in [0.5, 0.6) is 0 Å². The number of carbonyl (C=O) groups is 1. The number of amides is 1. The maximum Gasteiger partial charge on any atom is 0.240 e. The first-order chi connectivity index (χ1) is 7.88. The van der Waals surface area contributed by atoms with Crippen LogP contribution in [0.15, 0.2) is 0 Å². The molecule has 1 aliphatic rings. The van der Waals surface area contributed by atoms with Crippen molar-refractivity contribution in [3.8, 4) is 0 Å². The average Bonchev–Trinajstić information content (AvgIpc) is 2.27. The molecule has 1 rings (SSSR count). The van der Waals surface area contributed by atoms with E-state index in [0.717, 1.165) is 12.2 Å². The Labute approximate surface area is 107 Å². The van der Waals surface area contributed by atoms with E-state index >= 15 is 0 Å². The Kier molecular flexibility index (Phi) is 5.27. The Balaban J connectivity index is 2.81. The molecule has 0 aliphatic carbocycles. The molecule has 0 spiro atoms. The topological polar surface area (TPSA) is 80.5 Å². The maximum atomic E-state index is 12.1. The third-order valence-corrected chi connectivity index (χ3v) is 5.42. The summed E-state index contributed by atoms with van der Waals surface area (Å²) in [6.07, 6.45) is 2.59. The molecular formula is C10H20N2O3S2. The van der Waals surface area contributed by atoms with Crippen LogP contribution in [0.25, 0.3) is 0 Å². The largest absolute Gasteiger partial charge is 0.323 e. The van der Waals surface area contributed by atoms with Crippen LogP contribution < -0.4 is 5.73 Å². The van der Waals surface area contributed by atoms with Gasteiger partial charge in [0.2, 0.25) is 5.91 Å². The summed E-state index contributed by atoms with van der Waals surface area (Å²) in [4.78, 5) is 13.5. The molecule has 0 aromatic carbocycles. The number of nitrogens with two attached hydrogens (primary N) is 1. The molecular weight excluding hydrogens is 260 g/mol. The van der Waals surface area contributed by atoms with Gasteiger partial charge in [0.25, 0.3) is 0 Å². The van der Waals surface area contributed by atoms with Crippen molar-refractivity contribution in [1.29, 1.82) is 0 Å². The normalized spacial score (nSPS) is 23.5. The second-order valence-corrected chi connectivity index (χ2v) is 7.64. The second kappa shape index (κ2) is 6.06. The van der Waals surface area contributed by atoms with E-state index < -0.39 is 21.3 Å². The van der Waals surface area contributed by atoms with Crippen LogP contribution in [0.3, 0.4) is 0 Å². The molecule has 17 heavy (non-hydrogen) atoms. The highest BCUT2D eigenvalue weighted by atomic mass is 32.2. The Morgan fingerprint density at radius 1 is 1.59 bits per heavy atom. The Morgan fingerprint density at radius 2 is 2.24 bits per heavy atom. The van der Waals surface area contributed by atoms with Gasteiger partial charge >= 0.3 is 0 Å². The zero-order chi connectivity index (χ0) is 13.1. The van der Waals surface area contributed by atoms with Gasteiger partial charge in [0.05, 0.1) is 6.04 Å². The number of carbonyl (C=O) groups excluding carboxylic acids is 1. The van der Waals surface area contributed by atoms with Gasteiger partial charge in [-0.15, -0.1) is 0 Å². The molecule has 1 saturated heterocycles. The van der Waals surface area contributed by atoms with E-state index in [-0.39, 0.29) is 5.91 Å². The smallest absolute Gasteiger partial charge is 0.240 e. The van der Waals surface area contributed by atoms with Crippen LogP contribution >= 0.6 is 11.8 Å². The molecule has 0 radical (unpaired) electrons. The second-order valence-electron chi connectivity index (χ2n) is 4.29. The average molecular weight is 280 g/mol. The summed E-state index contributed by atoms with van der Waals surface area (Å²) < 4.78 is 23.3. The Bertz CT molecular complexity index is 370. The van der Waals surface area contributed by atoms with Gasteiger partial charge in [-0.05, 0) is 6.42 Å². The monoisotopic (exact) mass is 280 g/mol. The van der Waals surface area contributed by atoms with Gasteiger partial charge in [0.15, 0.2) is 9.84 Å².